The number of hydrogen-bond donors (Lipinski definition) is 0. The molecule has 1 aliphatic carbocycles. The van der Waals surface area contributed by atoms with Crippen LogP contribution in [0.15, 0.2) is 18.2 Å². The molecule has 1 heterocycles. The monoisotopic (exact) mass is 379 g/mol. The number of piperidine rings is 1. The summed E-state index contributed by atoms with van der Waals surface area (Å²) >= 11 is 6.22. The second-order valence-electron chi connectivity index (χ2n) is 9.36. The molecule has 1 aromatic rings. The summed E-state index contributed by atoms with van der Waals surface area (Å²) in [6.07, 6.45) is 3.63. The van der Waals surface area contributed by atoms with Crippen LogP contribution in [0.3, 0.4) is 0 Å². The molecule has 0 aromatic heterocycles. The molecule has 26 heavy (non-hydrogen) atoms. The van der Waals surface area contributed by atoms with Gasteiger partial charge in [-0.25, -0.2) is 4.79 Å². The Morgan fingerprint density at radius 1 is 1.12 bits per heavy atom. The SMILES string of the molecule is CC1(C)CCN(c2ccc(Cl)cc2OC2(C(=O)OC(C)(C)C)CC2)CC1. The molecule has 3 rings (SSSR count). The number of ether oxygens (including phenoxy) is 2. The Kier molecular flexibility index (Phi) is 4.93. The molecule has 0 atom stereocenters. The molecule has 0 bridgehead atoms. The second kappa shape index (κ2) is 6.63. The largest absolute Gasteiger partial charge is 0.473 e. The minimum atomic E-state index is -0.859. The smallest absolute Gasteiger partial charge is 0.351 e. The second-order valence-corrected chi connectivity index (χ2v) is 9.80. The number of carbonyl (C=O) groups excluding carboxylic acids is 1. The van der Waals surface area contributed by atoms with Crippen LogP contribution in [0.4, 0.5) is 5.69 Å². The maximum absolute atomic E-state index is 12.6. The van der Waals surface area contributed by atoms with E-state index >= 15 is 0 Å². The van der Waals surface area contributed by atoms with Gasteiger partial charge in [0.1, 0.15) is 11.4 Å². The highest BCUT2D eigenvalue weighted by molar-refractivity contribution is 6.30. The van der Waals surface area contributed by atoms with Gasteiger partial charge >= 0.3 is 5.97 Å². The lowest BCUT2D eigenvalue weighted by Gasteiger charge is -2.39. The van der Waals surface area contributed by atoms with E-state index in [0.29, 0.717) is 29.0 Å². The lowest BCUT2D eigenvalue weighted by molar-refractivity contribution is -0.165. The van der Waals surface area contributed by atoms with Gasteiger partial charge in [-0.3, -0.25) is 0 Å². The molecular formula is C21H30ClNO3. The zero-order valence-corrected chi connectivity index (χ0v) is 17.3. The third-order valence-electron chi connectivity index (χ3n) is 5.16. The van der Waals surface area contributed by atoms with Gasteiger partial charge in [-0.2, -0.15) is 0 Å². The van der Waals surface area contributed by atoms with Crippen molar-refractivity contribution in [3.8, 4) is 5.75 Å². The number of carbonyl (C=O) groups is 1. The van der Waals surface area contributed by atoms with E-state index in [9.17, 15) is 4.79 Å². The Morgan fingerprint density at radius 3 is 2.27 bits per heavy atom. The number of hydrogen-bond acceptors (Lipinski definition) is 4. The highest BCUT2D eigenvalue weighted by Crippen LogP contribution is 2.46. The fraction of sp³-hybridized carbons (Fsp3) is 0.667. The average Bonchev–Trinajstić information content (AvgIpc) is 3.27. The van der Waals surface area contributed by atoms with E-state index in [-0.39, 0.29) is 5.97 Å². The molecule has 5 heteroatoms. The fourth-order valence-corrected chi connectivity index (χ4v) is 3.39. The summed E-state index contributed by atoms with van der Waals surface area (Å²) in [6.45, 7) is 12.2. The molecule has 0 unspecified atom stereocenters. The lowest BCUT2D eigenvalue weighted by Crippen LogP contribution is -2.39. The van der Waals surface area contributed by atoms with Crippen LogP contribution >= 0.6 is 11.6 Å². The molecule has 4 nitrogen and oxygen atoms in total. The van der Waals surface area contributed by atoms with Crippen molar-refractivity contribution in [3.63, 3.8) is 0 Å². The predicted molar refractivity (Wildman–Crippen MR) is 105 cm³/mol. The summed E-state index contributed by atoms with van der Waals surface area (Å²) in [5.41, 5.74) is 0.00530. The van der Waals surface area contributed by atoms with Crippen molar-refractivity contribution in [2.75, 3.05) is 18.0 Å². The third kappa shape index (κ3) is 4.46. The topological polar surface area (TPSA) is 38.8 Å². The Hall–Kier alpha value is -1.42. The minimum absolute atomic E-state index is 0.282. The Morgan fingerprint density at radius 2 is 1.73 bits per heavy atom. The van der Waals surface area contributed by atoms with E-state index in [0.717, 1.165) is 31.6 Å². The molecule has 0 radical (unpaired) electrons. The number of halogens is 1. The fourth-order valence-electron chi connectivity index (χ4n) is 3.23. The van der Waals surface area contributed by atoms with Crippen molar-refractivity contribution in [3.05, 3.63) is 23.2 Å². The summed E-state index contributed by atoms with van der Waals surface area (Å²) in [5, 5.41) is 0.612. The van der Waals surface area contributed by atoms with Crippen molar-refractivity contribution in [1.29, 1.82) is 0 Å². The quantitative estimate of drug-likeness (QED) is 0.672. The number of anilines is 1. The van der Waals surface area contributed by atoms with E-state index < -0.39 is 11.2 Å². The zero-order valence-electron chi connectivity index (χ0n) is 16.5. The molecule has 2 fully saturated rings. The van der Waals surface area contributed by atoms with E-state index in [1.54, 1.807) is 0 Å². The summed E-state index contributed by atoms with van der Waals surface area (Å²) in [5.74, 6) is 0.399. The van der Waals surface area contributed by atoms with Crippen LogP contribution in [0.2, 0.25) is 5.02 Å². The van der Waals surface area contributed by atoms with Gasteiger partial charge in [-0.1, -0.05) is 25.4 Å². The average molecular weight is 380 g/mol. The molecule has 1 aromatic carbocycles. The van der Waals surface area contributed by atoms with Crippen molar-refractivity contribution in [2.45, 2.75) is 71.5 Å². The van der Waals surface area contributed by atoms with Crippen LogP contribution in [-0.2, 0) is 9.53 Å². The first-order valence-corrected chi connectivity index (χ1v) is 9.85. The van der Waals surface area contributed by atoms with Crippen molar-refractivity contribution in [1.82, 2.24) is 0 Å². The van der Waals surface area contributed by atoms with Crippen LogP contribution in [0.25, 0.3) is 0 Å². The third-order valence-corrected chi connectivity index (χ3v) is 5.39. The number of esters is 1. The van der Waals surface area contributed by atoms with Crippen LogP contribution in [0.1, 0.15) is 60.3 Å². The van der Waals surface area contributed by atoms with E-state index in [1.165, 1.54) is 0 Å². The van der Waals surface area contributed by atoms with Gasteiger partial charge in [-0.15, -0.1) is 0 Å². The number of rotatable bonds is 4. The van der Waals surface area contributed by atoms with Crippen molar-refractivity contribution in [2.24, 2.45) is 5.41 Å². The minimum Gasteiger partial charge on any atom is -0.473 e. The Balaban J connectivity index is 1.80. The molecular weight excluding hydrogens is 350 g/mol. The van der Waals surface area contributed by atoms with Gasteiger partial charge in [-0.05, 0) is 51.2 Å². The zero-order chi connectivity index (χ0) is 19.2. The number of nitrogens with zero attached hydrogens (tertiary/aromatic N) is 1. The number of benzene rings is 1. The first kappa shape index (κ1) is 19.3. The van der Waals surface area contributed by atoms with Gasteiger partial charge in [0.05, 0.1) is 5.69 Å². The van der Waals surface area contributed by atoms with Gasteiger partial charge in [0.15, 0.2) is 0 Å². The van der Waals surface area contributed by atoms with Crippen LogP contribution < -0.4 is 9.64 Å². The van der Waals surface area contributed by atoms with Gasteiger partial charge in [0.2, 0.25) is 5.60 Å². The van der Waals surface area contributed by atoms with E-state index in [1.807, 2.05) is 39.0 Å². The standard InChI is InChI=1S/C21H30ClNO3/c1-19(2,3)26-18(24)21(8-9-21)25-17-14-15(22)6-7-16(17)23-12-10-20(4,5)11-13-23/h6-7,14H,8-13H2,1-5H3. The normalized spacial score (nSPS) is 21.2. The molecule has 1 aliphatic heterocycles. The molecule has 144 valence electrons. The summed E-state index contributed by atoms with van der Waals surface area (Å²) < 4.78 is 11.8. The van der Waals surface area contributed by atoms with E-state index in [4.69, 9.17) is 21.1 Å². The first-order valence-electron chi connectivity index (χ1n) is 9.47. The summed E-state index contributed by atoms with van der Waals surface area (Å²) in [7, 11) is 0. The van der Waals surface area contributed by atoms with Gasteiger partial charge in [0.25, 0.3) is 0 Å². The first-order chi connectivity index (χ1) is 12.0. The molecule has 0 N–H and O–H groups in total. The molecule has 1 saturated heterocycles. The van der Waals surface area contributed by atoms with Crippen LogP contribution in [0, 0.1) is 5.41 Å². The van der Waals surface area contributed by atoms with Gasteiger partial charge < -0.3 is 14.4 Å². The van der Waals surface area contributed by atoms with Crippen molar-refractivity contribution >= 4 is 23.3 Å². The van der Waals surface area contributed by atoms with Gasteiger partial charge in [0, 0.05) is 37.0 Å². The maximum atomic E-state index is 12.6. The summed E-state index contributed by atoms with van der Waals surface area (Å²) in [6, 6.07) is 5.71. The van der Waals surface area contributed by atoms with Crippen LogP contribution in [0.5, 0.6) is 5.75 Å². The summed E-state index contributed by atoms with van der Waals surface area (Å²) in [4.78, 5) is 14.9. The lowest BCUT2D eigenvalue weighted by atomic mass is 9.82. The molecule has 1 saturated carbocycles. The Bertz CT molecular complexity index is 679. The van der Waals surface area contributed by atoms with Crippen LogP contribution in [-0.4, -0.2) is 30.3 Å². The van der Waals surface area contributed by atoms with Crippen molar-refractivity contribution < 1.29 is 14.3 Å². The maximum Gasteiger partial charge on any atom is 0.351 e. The molecule has 2 aliphatic rings. The molecule has 0 spiro atoms. The van der Waals surface area contributed by atoms with E-state index in [2.05, 4.69) is 18.7 Å². The molecule has 0 amide bonds. The highest BCUT2D eigenvalue weighted by atomic mass is 35.5. The highest BCUT2D eigenvalue weighted by Gasteiger charge is 2.56. The predicted octanol–water partition coefficient (Wildman–Crippen LogP) is 5.22. The Labute approximate surface area is 161 Å².